The van der Waals surface area contributed by atoms with Crippen LogP contribution < -0.4 is 0 Å². The molecule has 0 radical (unpaired) electrons. The van der Waals surface area contributed by atoms with E-state index >= 15 is 0 Å². The third kappa shape index (κ3) is 5.74. The molecule has 1 fully saturated rings. The Bertz CT molecular complexity index is 997. The van der Waals surface area contributed by atoms with E-state index in [1.165, 1.54) is 41.9 Å². The van der Waals surface area contributed by atoms with Crippen LogP contribution in [0.5, 0.6) is 0 Å². The second-order valence-corrected chi connectivity index (χ2v) is 11.0. The van der Waals surface area contributed by atoms with Crippen molar-refractivity contribution in [1.29, 1.82) is 0 Å². The number of rotatable bonds is 8. The quantitative estimate of drug-likeness (QED) is 0.313. The Morgan fingerprint density at radius 3 is 2.09 bits per heavy atom. The molecule has 2 heterocycles. The first kappa shape index (κ1) is 23.3. The zero-order chi connectivity index (χ0) is 22.3. The van der Waals surface area contributed by atoms with E-state index in [0.717, 1.165) is 23.5 Å². The average molecular weight is 467 g/mol. The number of hydrogen-bond acceptors (Lipinski definition) is 4. The van der Waals surface area contributed by atoms with Gasteiger partial charge in [-0.25, -0.2) is 4.98 Å². The lowest BCUT2D eigenvalue weighted by Gasteiger charge is -2.28. The molecule has 0 atom stereocenters. The van der Waals surface area contributed by atoms with E-state index in [9.17, 15) is 4.39 Å². The molecule has 3 aromatic rings. The molecule has 168 valence electrons. The summed E-state index contributed by atoms with van der Waals surface area (Å²) in [6.07, 6.45) is 7.19. The first-order valence-electron chi connectivity index (χ1n) is 11.6. The van der Waals surface area contributed by atoms with Crippen molar-refractivity contribution in [2.24, 2.45) is 5.92 Å². The smallest absolute Gasteiger partial charge is 0.219 e. The van der Waals surface area contributed by atoms with Gasteiger partial charge in [-0.2, -0.15) is 9.37 Å². The summed E-state index contributed by atoms with van der Waals surface area (Å²) in [4.78, 5) is 8.43. The van der Waals surface area contributed by atoms with Crippen LogP contribution in [0.1, 0.15) is 55.2 Å². The molecule has 2 aromatic carbocycles. The van der Waals surface area contributed by atoms with Crippen LogP contribution in [-0.2, 0) is 6.42 Å². The van der Waals surface area contributed by atoms with Gasteiger partial charge in [-0.15, -0.1) is 23.5 Å². The molecule has 0 unspecified atom stereocenters. The topological polar surface area (TPSA) is 25.8 Å². The molecule has 1 aromatic heterocycles. The third-order valence-corrected chi connectivity index (χ3v) is 9.22. The highest BCUT2D eigenvalue weighted by Crippen LogP contribution is 2.46. The predicted molar refractivity (Wildman–Crippen MR) is 138 cm³/mol. The molecule has 0 amide bonds. The normalized spacial score (nSPS) is 18.6. The molecule has 0 N–H and O–H groups in total. The Morgan fingerprint density at radius 2 is 1.50 bits per heavy atom. The summed E-state index contributed by atoms with van der Waals surface area (Å²) in [5.74, 6) is 3.46. The average Bonchev–Trinajstić information content (AvgIpc) is 2.85. The van der Waals surface area contributed by atoms with Crippen LogP contribution in [0.3, 0.4) is 0 Å². The summed E-state index contributed by atoms with van der Waals surface area (Å²) in [5, 5.41) is 0. The number of aromatic nitrogens is 2. The zero-order valence-electron chi connectivity index (χ0n) is 18.9. The fourth-order valence-electron chi connectivity index (χ4n) is 4.00. The van der Waals surface area contributed by atoms with E-state index in [4.69, 9.17) is 0 Å². The van der Waals surface area contributed by atoms with E-state index < -0.39 is 5.95 Å². The van der Waals surface area contributed by atoms with Crippen LogP contribution in [0.4, 0.5) is 4.39 Å². The number of aryl methyl sites for hydroxylation is 1. The Kier molecular flexibility index (Phi) is 8.26. The van der Waals surface area contributed by atoms with Crippen LogP contribution in [-0.4, -0.2) is 21.5 Å². The van der Waals surface area contributed by atoms with E-state index in [2.05, 4.69) is 76.8 Å². The van der Waals surface area contributed by atoms with E-state index in [0.29, 0.717) is 22.4 Å². The number of nitrogens with zero attached hydrogens (tertiary/aromatic N) is 2. The first-order valence-corrected chi connectivity index (χ1v) is 13.7. The highest BCUT2D eigenvalue weighted by atomic mass is 32.2. The maximum Gasteiger partial charge on any atom is 0.219 e. The van der Waals surface area contributed by atoms with Crippen LogP contribution in [0.15, 0.2) is 54.7 Å². The van der Waals surface area contributed by atoms with Gasteiger partial charge < -0.3 is 0 Å². The number of halogens is 1. The van der Waals surface area contributed by atoms with Crippen LogP contribution in [0, 0.1) is 11.9 Å². The van der Waals surface area contributed by atoms with Crippen LogP contribution >= 0.6 is 23.5 Å². The fourth-order valence-corrected chi connectivity index (χ4v) is 7.17. The molecule has 2 nitrogen and oxygen atoms in total. The second kappa shape index (κ2) is 11.3. The minimum atomic E-state index is -0.411. The first-order chi connectivity index (χ1) is 15.7. The summed E-state index contributed by atoms with van der Waals surface area (Å²) in [6, 6.07) is 17.0. The van der Waals surface area contributed by atoms with Gasteiger partial charge in [-0.05, 0) is 47.0 Å². The molecule has 1 saturated heterocycles. The lowest BCUT2D eigenvalue weighted by molar-refractivity contribution is 0.561. The van der Waals surface area contributed by atoms with Crippen molar-refractivity contribution in [3.05, 3.63) is 71.8 Å². The minimum absolute atomic E-state index is 0.411. The summed E-state index contributed by atoms with van der Waals surface area (Å²) in [6.45, 7) is 4.30. The van der Waals surface area contributed by atoms with Gasteiger partial charge in [-0.1, -0.05) is 81.6 Å². The standard InChI is InChI=1S/C27H31FN2S2/c1-3-5-7-19-17-31-27(32-18-19)23-14-10-21(11-15-23)20-8-12-22(13-9-20)26-29-16-24(6-4-2)25(28)30-26/h8-16,19,27H,3-7,17-18H2,1-2H3. The Morgan fingerprint density at radius 1 is 0.875 bits per heavy atom. The molecule has 5 heteroatoms. The summed E-state index contributed by atoms with van der Waals surface area (Å²) in [5.41, 5.74) is 5.16. The maximum absolute atomic E-state index is 14.2. The second-order valence-electron chi connectivity index (χ2n) is 8.47. The predicted octanol–water partition coefficient (Wildman–Crippen LogP) is 8.19. The van der Waals surface area contributed by atoms with Crippen molar-refractivity contribution in [3.63, 3.8) is 0 Å². The summed E-state index contributed by atoms with van der Waals surface area (Å²) in [7, 11) is 0. The molecule has 32 heavy (non-hydrogen) atoms. The van der Waals surface area contributed by atoms with Gasteiger partial charge >= 0.3 is 0 Å². The lowest BCUT2D eigenvalue weighted by atomic mass is 10.0. The van der Waals surface area contributed by atoms with Gasteiger partial charge in [0.1, 0.15) is 0 Å². The van der Waals surface area contributed by atoms with E-state index in [1.54, 1.807) is 6.20 Å². The number of thioether (sulfide) groups is 2. The van der Waals surface area contributed by atoms with Crippen molar-refractivity contribution in [3.8, 4) is 22.5 Å². The van der Waals surface area contributed by atoms with Crippen molar-refractivity contribution in [2.75, 3.05) is 11.5 Å². The van der Waals surface area contributed by atoms with Crippen molar-refractivity contribution in [2.45, 2.75) is 50.5 Å². The largest absolute Gasteiger partial charge is 0.236 e. The van der Waals surface area contributed by atoms with E-state index in [1.807, 2.05) is 19.1 Å². The maximum atomic E-state index is 14.2. The van der Waals surface area contributed by atoms with Gasteiger partial charge in [0.2, 0.25) is 5.95 Å². The number of benzene rings is 2. The summed E-state index contributed by atoms with van der Waals surface area (Å²) >= 11 is 4.20. The van der Waals surface area contributed by atoms with Crippen molar-refractivity contribution in [1.82, 2.24) is 9.97 Å². The Hall–Kier alpha value is -1.85. The Labute approximate surface area is 199 Å². The molecule has 0 spiro atoms. The fraction of sp³-hybridized carbons (Fsp3) is 0.407. The lowest BCUT2D eigenvalue weighted by Crippen LogP contribution is -2.14. The van der Waals surface area contributed by atoms with Crippen molar-refractivity contribution >= 4 is 23.5 Å². The van der Waals surface area contributed by atoms with Crippen molar-refractivity contribution < 1.29 is 4.39 Å². The minimum Gasteiger partial charge on any atom is -0.236 e. The highest BCUT2D eigenvalue weighted by Gasteiger charge is 2.23. The van der Waals surface area contributed by atoms with Crippen LogP contribution in [0.25, 0.3) is 22.5 Å². The third-order valence-electron chi connectivity index (χ3n) is 5.92. The van der Waals surface area contributed by atoms with Gasteiger partial charge in [-0.3, -0.25) is 0 Å². The molecule has 0 bridgehead atoms. The molecule has 0 saturated carbocycles. The number of unbranched alkanes of at least 4 members (excludes halogenated alkanes) is 1. The van der Waals surface area contributed by atoms with Crippen LogP contribution in [0.2, 0.25) is 0 Å². The monoisotopic (exact) mass is 466 g/mol. The van der Waals surface area contributed by atoms with E-state index in [-0.39, 0.29) is 0 Å². The Balaban J connectivity index is 1.40. The summed E-state index contributed by atoms with van der Waals surface area (Å²) < 4.78 is 14.7. The molecule has 1 aliphatic heterocycles. The molecule has 0 aliphatic carbocycles. The molecule has 1 aliphatic rings. The van der Waals surface area contributed by atoms with Gasteiger partial charge in [0.05, 0.1) is 4.58 Å². The molecular formula is C27H31FN2S2. The molecular weight excluding hydrogens is 435 g/mol. The zero-order valence-corrected chi connectivity index (χ0v) is 20.5. The van der Waals surface area contributed by atoms with Gasteiger partial charge in [0, 0.05) is 17.3 Å². The van der Waals surface area contributed by atoms with Gasteiger partial charge in [0.25, 0.3) is 0 Å². The SMILES string of the molecule is CCCCC1CSC(c2ccc(-c3ccc(-c4ncc(CCC)c(F)n4)cc3)cc2)SC1. The number of hydrogen-bond donors (Lipinski definition) is 0. The highest BCUT2D eigenvalue weighted by molar-refractivity contribution is 8.16. The molecule has 4 rings (SSSR count). The van der Waals surface area contributed by atoms with Gasteiger partial charge in [0.15, 0.2) is 5.82 Å².